The lowest BCUT2D eigenvalue weighted by Gasteiger charge is -2.11. The van der Waals surface area contributed by atoms with E-state index in [1.165, 1.54) is 0 Å². The van der Waals surface area contributed by atoms with Crippen LogP contribution in [0.3, 0.4) is 0 Å². The number of rotatable bonds is 5. The van der Waals surface area contributed by atoms with Crippen LogP contribution in [0.15, 0.2) is 36.9 Å². The minimum Gasteiger partial charge on any atom is -0.351 e. The number of anilines is 3. The van der Waals surface area contributed by atoms with Gasteiger partial charge in [-0.05, 0) is 37.6 Å². The van der Waals surface area contributed by atoms with Gasteiger partial charge < -0.3 is 10.6 Å². The van der Waals surface area contributed by atoms with E-state index in [1.54, 1.807) is 6.08 Å². The van der Waals surface area contributed by atoms with Gasteiger partial charge in [-0.15, -0.1) is 6.58 Å². The summed E-state index contributed by atoms with van der Waals surface area (Å²) >= 11 is 5.95. The molecule has 0 saturated heterocycles. The molecular formula is C15H17ClN4. The number of aromatic nitrogens is 2. The Hall–Kier alpha value is -2.07. The molecule has 2 N–H and O–H groups in total. The monoisotopic (exact) mass is 288 g/mol. The van der Waals surface area contributed by atoms with Gasteiger partial charge in [0.15, 0.2) is 0 Å². The van der Waals surface area contributed by atoms with E-state index in [9.17, 15) is 0 Å². The Morgan fingerprint density at radius 3 is 2.75 bits per heavy atom. The smallest absolute Gasteiger partial charge is 0.225 e. The molecule has 0 aliphatic heterocycles. The maximum atomic E-state index is 5.95. The minimum absolute atomic E-state index is 0.582. The molecule has 0 radical (unpaired) electrons. The van der Waals surface area contributed by atoms with Crippen molar-refractivity contribution in [3.8, 4) is 0 Å². The fourth-order valence-corrected chi connectivity index (χ4v) is 2.01. The van der Waals surface area contributed by atoms with E-state index in [2.05, 4.69) is 27.2 Å². The molecule has 0 bridgehead atoms. The van der Waals surface area contributed by atoms with Crippen LogP contribution in [0.25, 0.3) is 0 Å². The maximum absolute atomic E-state index is 5.95. The molecule has 0 aliphatic rings. The molecule has 20 heavy (non-hydrogen) atoms. The second-order valence-electron chi connectivity index (χ2n) is 4.47. The lowest BCUT2D eigenvalue weighted by atomic mass is 10.2. The van der Waals surface area contributed by atoms with Crippen LogP contribution in [0.5, 0.6) is 0 Å². The van der Waals surface area contributed by atoms with Crippen LogP contribution in [-0.2, 0) is 0 Å². The molecular weight excluding hydrogens is 272 g/mol. The highest BCUT2D eigenvalue weighted by atomic mass is 35.5. The Labute approximate surface area is 123 Å². The summed E-state index contributed by atoms with van der Waals surface area (Å²) in [4.78, 5) is 8.73. The molecule has 0 aliphatic carbocycles. The minimum atomic E-state index is 0.582. The third-order valence-corrected chi connectivity index (χ3v) is 2.95. The van der Waals surface area contributed by atoms with Gasteiger partial charge >= 0.3 is 0 Å². The van der Waals surface area contributed by atoms with Crippen molar-refractivity contribution < 1.29 is 0 Å². The molecule has 1 heterocycles. The average molecular weight is 289 g/mol. The Bertz CT molecular complexity index is 625. The summed E-state index contributed by atoms with van der Waals surface area (Å²) in [6.07, 6.45) is 1.77. The second-order valence-corrected chi connectivity index (χ2v) is 4.91. The van der Waals surface area contributed by atoms with Gasteiger partial charge in [0.25, 0.3) is 0 Å². The van der Waals surface area contributed by atoms with Gasteiger partial charge in [0.1, 0.15) is 5.82 Å². The summed E-state index contributed by atoms with van der Waals surface area (Å²) in [5.41, 5.74) is 2.93. The maximum Gasteiger partial charge on any atom is 0.225 e. The zero-order chi connectivity index (χ0) is 14.5. The number of nitrogens with zero attached hydrogens (tertiary/aromatic N) is 2. The molecule has 0 unspecified atom stereocenters. The summed E-state index contributed by atoms with van der Waals surface area (Å²) in [6, 6.07) is 7.59. The molecule has 2 rings (SSSR count). The van der Waals surface area contributed by atoms with Crippen molar-refractivity contribution in [2.24, 2.45) is 0 Å². The molecule has 104 valence electrons. The fraction of sp³-hybridized carbons (Fsp3) is 0.200. The van der Waals surface area contributed by atoms with E-state index in [0.29, 0.717) is 12.5 Å². The summed E-state index contributed by atoms with van der Waals surface area (Å²) < 4.78 is 0. The van der Waals surface area contributed by atoms with Gasteiger partial charge in [-0.1, -0.05) is 17.7 Å². The van der Waals surface area contributed by atoms with Crippen LogP contribution in [0.4, 0.5) is 17.5 Å². The predicted molar refractivity (Wildman–Crippen MR) is 84.9 cm³/mol. The number of benzene rings is 1. The zero-order valence-corrected chi connectivity index (χ0v) is 12.3. The van der Waals surface area contributed by atoms with Gasteiger partial charge in [0.05, 0.1) is 0 Å². The topological polar surface area (TPSA) is 49.8 Å². The molecule has 0 saturated carbocycles. The lowest BCUT2D eigenvalue weighted by Crippen LogP contribution is -2.06. The van der Waals surface area contributed by atoms with Gasteiger partial charge in [-0.2, -0.15) is 4.98 Å². The van der Waals surface area contributed by atoms with Crippen molar-refractivity contribution in [1.29, 1.82) is 0 Å². The summed E-state index contributed by atoms with van der Waals surface area (Å²) in [5, 5.41) is 7.09. The van der Waals surface area contributed by atoms with Crippen LogP contribution >= 0.6 is 11.6 Å². The average Bonchev–Trinajstić information content (AvgIpc) is 2.39. The van der Waals surface area contributed by atoms with Crippen LogP contribution in [0.1, 0.15) is 11.3 Å². The molecule has 0 fully saturated rings. The zero-order valence-electron chi connectivity index (χ0n) is 11.6. The van der Waals surface area contributed by atoms with Crippen molar-refractivity contribution >= 4 is 29.1 Å². The van der Waals surface area contributed by atoms with Gasteiger partial charge in [-0.25, -0.2) is 4.98 Å². The number of aryl methyl sites for hydroxylation is 2. The van der Waals surface area contributed by atoms with E-state index in [-0.39, 0.29) is 0 Å². The quantitative estimate of drug-likeness (QED) is 0.814. The molecule has 1 aromatic heterocycles. The highest BCUT2D eigenvalue weighted by Crippen LogP contribution is 2.23. The first kappa shape index (κ1) is 14.3. The van der Waals surface area contributed by atoms with Crippen LogP contribution < -0.4 is 10.6 Å². The molecule has 0 spiro atoms. The number of hydrogen-bond donors (Lipinski definition) is 2. The van der Waals surface area contributed by atoms with Gasteiger partial charge in [-0.3, -0.25) is 0 Å². The molecule has 2 aromatic rings. The Kier molecular flexibility index (Phi) is 4.58. The van der Waals surface area contributed by atoms with Crippen molar-refractivity contribution in [1.82, 2.24) is 9.97 Å². The van der Waals surface area contributed by atoms with Crippen LogP contribution in [0.2, 0.25) is 5.02 Å². The summed E-state index contributed by atoms with van der Waals surface area (Å²) in [6.45, 7) is 8.22. The molecule has 5 heteroatoms. The number of halogens is 1. The van der Waals surface area contributed by atoms with Gasteiger partial charge in [0, 0.05) is 29.0 Å². The van der Waals surface area contributed by atoms with Gasteiger partial charge in [0.2, 0.25) is 5.95 Å². The predicted octanol–water partition coefficient (Wildman–Crippen LogP) is 4.09. The van der Waals surface area contributed by atoms with E-state index in [0.717, 1.165) is 27.8 Å². The first-order chi connectivity index (χ1) is 9.58. The third-order valence-electron chi connectivity index (χ3n) is 2.71. The molecule has 0 amide bonds. The van der Waals surface area contributed by atoms with E-state index in [1.807, 2.05) is 38.1 Å². The van der Waals surface area contributed by atoms with Crippen LogP contribution in [0, 0.1) is 13.8 Å². The first-order valence-electron chi connectivity index (χ1n) is 6.32. The van der Waals surface area contributed by atoms with Crippen molar-refractivity contribution in [3.63, 3.8) is 0 Å². The highest BCUT2D eigenvalue weighted by Gasteiger charge is 2.04. The molecule has 4 nitrogen and oxygen atoms in total. The normalized spacial score (nSPS) is 10.2. The van der Waals surface area contributed by atoms with Crippen molar-refractivity contribution in [3.05, 3.63) is 53.2 Å². The third kappa shape index (κ3) is 3.71. The fourth-order valence-electron chi connectivity index (χ4n) is 1.78. The van der Waals surface area contributed by atoms with E-state index >= 15 is 0 Å². The van der Waals surface area contributed by atoms with Crippen molar-refractivity contribution in [2.75, 3.05) is 17.2 Å². The van der Waals surface area contributed by atoms with E-state index < -0.39 is 0 Å². The number of nitrogens with one attached hydrogen (secondary N) is 2. The Morgan fingerprint density at radius 2 is 2.05 bits per heavy atom. The molecule has 1 aromatic carbocycles. The SMILES string of the molecule is C=CCNc1nc(C)cc(Nc2ccc(Cl)cc2C)n1. The Morgan fingerprint density at radius 1 is 1.25 bits per heavy atom. The molecule has 0 atom stereocenters. The second kappa shape index (κ2) is 6.39. The number of hydrogen-bond acceptors (Lipinski definition) is 4. The van der Waals surface area contributed by atoms with Crippen molar-refractivity contribution in [2.45, 2.75) is 13.8 Å². The summed E-state index contributed by atoms with van der Waals surface area (Å²) in [5.74, 6) is 1.33. The largest absolute Gasteiger partial charge is 0.351 e. The first-order valence-corrected chi connectivity index (χ1v) is 6.70. The highest BCUT2D eigenvalue weighted by molar-refractivity contribution is 6.30. The Balaban J connectivity index is 2.23. The lowest BCUT2D eigenvalue weighted by molar-refractivity contribution is 1.08. The summed E-state index contributed by atoms with van der Waals surface area (Å²) in [7, 11) is 0. The standard InChI is InChI=1S/C15H17ClN4/c1-4-7-17-15-18-11(3)9-14(20-15)19-13-6-5-12(16)8-10(13)2/h4-6,8-9H,1,7H2,2-3H3,(H2,17,18,19,20). The van der Waals surface area contributed by atoms with E-state index in [4.69, 9.17) is 11.6 Å². The van der Waals surface area contributed by atoms with Crippen LogP contribution in [-0.4, -0.2) is 16.5 Å².